The minimum atomic E-state index is 0. The van der Waals surface area contributed by atoms with Gasteiger partial charge in [0.2, 0.25) is 0 Å². The molecule has 0 aromatic rings. The van der Waals surface area contributed by atoms with Crippen molar-refractivity contribution in [2.75, 3.05) is 40.3 Å². The maximum absolute atomic E-state index is 2.33. The van der Waals surface area contributed by atoms with E-state index < -0.39 is 0 Å². The molecular weight excluding hydrogens is 172 g/mol. The molecule has 0 atom stereocenters. The largest absolute Gasteiger partial charge is 0.305 e. The van der Waals surface area contributed by atoms with Gasteiger partial charge in [0.05, 0.1) is 0 Å². The van der Waals surface area contributed by atoms with Gasteiger partial charge in [-0.2, -0.15) is 0 Å². The number of hydrogen-bond acceptors (Lipinski definition) is 2. The number of hydrogen-bond donors (Lipinski definition) is 0. The van der Waals surface area contributed by atoms with Gasteiger partial charge in [0, 0.05) is 13.1 Å². The SMILES string of the molecule is C.C.C.C.CCN(C)CCN(C)CC. The second-order valence-corrected chi connectivity index (χ2v) is 2.79. The monoisotopic (exact) mass is 208 g/mol. The highest BCUT2D eigenvalue weighted by atomic mass is 15.2. The van der Waals surface area contributed by atoms with Crippen molar-refractivity contribution in [3.05, 3.63) is 0 Å². The van der Waals surface area contributed by atoms with E-state index in [9.17, 15) is 0 Å². The number of nitrogens with zero attached hydrogens (tertiary/aromatic N) is 2. The fourth-order valence-corrected chi connectivity index (χ4v) is 0.658. The van der Waals surface area contributed by atoms with Crippen molar-refractivity contribution in [1.82, 2.24) is 9.80 Å². The van der Waals surface area contributed by atoms with Crippen molar-refractivity contribution in [3.63, 3.8) is 0 Å². The summed E-state index contributed by atoms with van der Waals surface area (Å²) in [6.07, 6.45) is 0. The lowest BCUT2D eigenvalue weighted by Gasteiger charge is -2.18. The zero-order valence-electron chi connectivity index (χ0n) is 7.72. The topological polar surface area (TPSA) is 6.48 Å². The van der Waals surface area contributed by atoms with Crippen molar-refractivity contribution in [1.29, 1.82) is 0 Å². The van der Waals surface area contributed by atoms with Crippen LogP contribution in [0.2, 0.25) is 0 Å². The average Bonchev–Trinajstić information content (AvgIpc) is 1.99. The van der Waals surface area contributed by atoms with Gasteiger partial charge in [0.1, 0.15) is 0 Å². The van der Waals surface area contributed by atoms with E-state index in [1.54, 1.807) is 0 Å². The minimum absolute atomic E-state index is 0. The first-order valence-corrected chi connectivity index (χ1v) is 4.07. The van der Waals surface area contributed by atoms with Gasteiger partial charge in [0.15, 0.2) is 0 Å². The lowest BCUT2D eigenvalue weighted by molar-refractivity contribution is 0.271. The molecule has 0 aliphatic carbocycles. The van der Waals surface area contributed by atoms with Crippen LogP contribution in [0.3, 0.4) is 0 Å². The molecule has 14 heavy (non-hydrogen) atoms. The molecule has 0 aliphatic rings. The van der Waals surface area contributed by atoms with E-state index in [1.165, 1.54) is 13.1 Å². The van der Waals surface area contributed by atoms with Gasteiger partial charge in [-0.1, -0.05) is 43.6 Å². The van der Waals surface area contributed by atoms with Crippen molar-refractivity contribution in [2.24, 2.45) is 0 Å². The Morgan fingerprint density at radius 1 is 0.643 bits per heavy atom. The third kappa shape index (κ3) is 17.9. The molecule has 0 aromatic carbocycles. The summed E-state index contributed by atoms with van der Waals surface area (Å²) in [7, 11) is 4.31. The van der Waals surface area contributed by atoms with Crippen LogP contribution in [-0.4, -0.2) is 50.1 Å². The standard InChI is InChI=1S/C8H20N2.4CH4/c1-5-9(3)7-8-10(4)6-2;;;;/h5-8H2,1-4H3;4*1H4. The Bertz CT molecular complexity index is 64.7. The van der Waals surface area contributed by atoms with Gasteiger partial charge >= 0.3 is 0 Å². The van der Waals surface area contributed by atoms with Gasteiger partial charge < -0.3 is 9.80 Å². The Morgan fingerprint density at radius 3 is 1.00 bits per heavy atom. The number of rotatable bonds is 5. The summed E-state index contributed by atoms with van der Waals surface area (Å²) >= 11 is 0. The molecule has 0 aromatic heterocycles. The normalized spacial score (nSPS) is 8.14. The molecule has 0 bridgehead atoms. The first-order valence-electron chi connectivity index (χ1n) is 4.07. The van der Waals surface area contributed by atoms with E-state index >= 15 is 0 Å². The molecule has 2 heteroatoms. The van der Waals surface area contributed by atoms with Crippen LogP contribution in [0.15, 0.2) is 0 Å². The van der Waals surface area contributed by atoms with Crippen LogP contribution in [0.25, 0.3) is 0 Å². The number of likely N-dealkylation sites (N-methyl/N-ethyl adjacent to an activating group) is 2. The molecule has 0 fully saturated rings. The Hall–Kier alpha value is -0.0800. The van der Waals surface area contributed by atoms with E-state index in [0.29, 0.717) is 0 Å². The third-order valence-corrected chi connectivity index (χ3v) is 1.94. The lowest BCUT2D eigenvalue weighted by Crippen LogP contribution is -2.30. The van der Waals surface area contributed by atoms with E-state index in [1.807, 2.05) is 0 Å². The summed E-state index contributed by atoms with van der Waals surface area (Å²) in [6, 6.07) is 0. The first kappa shape index (κ1) is 29.2. The smallest absolute Gasteiger partial charge is 0.0106 e. The van der Waals surface area contributed by atoms with Crippen LogP contribution in [-0.2, 0) is 0 Å². The Balaban J connectivity index is -0.0000000675. The predicted molar refractivity (Wildman–Crippen MR) is 73.3 cm³/mol. The molecule has 0 aliphatic heterocycles. The summed E-state index contributed by atoms with van der Waals surface area (Å²) in [4.78, 5) is 4.65. The van der Waals surface area contributed by atoms with Crippen LogP contribution in [0.5, 0.6) is 0 Å². The van der Waals surface area contributed by atoms with Gasteiger partial charge in [-0.15, -0.1) is 0 Å². The van der Waals surface area contributed by atoms with Crippen LogP contribution >= 0.6 is 0 Å². The third-order valence-electron chi connectivity index (χ3n) is 1.94. The fraction of sp³-hybridized carbons (Fsp3) is 1.00. The van der Waals surface area contributed by atoms with E-state index in [-0.39, 0.29) is 29.7 Å². The van der Waals surface area contributed by atoms with Gasteiger partial charge in [-0.05, 0) is 27.2 Å². The predicted octanol–water partition coefficient (Wildman–Crippen LogP) is 3.43. The highest BCUT2D eigenvalue weighted by Crippen LogP contribution is 1.84. The van der Waals surface area contributed by atoms with E-state index in [2.05, 4.69) is 37.7 Å². The first-order chi connectivity index (χ1) is 4.70. The average molecular weight is 208 g/mol. The van der Waals surface area contributed by atoms with Crippen molar-refractivity contribution < 1.29 is 0 Å². The highest BCUT2D eigenvalue weighted by molar-refractivity contribution is 4.52. The lowest BCUT2D eigenvalue weighted by atomic mass is 10.5. The van der Waals surface area contributed by atoms with Crippen LogP contribution in [0.1, 0.15) is 43.6 Å². The molecule has 0 rings (SSSR count). The zero-order valence-corrected chi connectivity index (χ0v) is 7.72. The summed E-state index contributed by atoms with van der Waals surface area (Å²) in [5.41, 5.74) is 0. The van der Waals surface area contributed by atoms with Gasteiger partial charge in [0.25, 0.3) is 0 Å². The molecule has 2 nitrogen and oxygen atoms in total. The molecular formula is C12H36N2. The second-order valence-electron chi connectivity index (χ2n) is 2.79. The summed E-state index contributed by atoms with van der Waals surface area (Å²) in [5.74, 6) is 0. The Labute approximate surface area is 94.3 Å². The molecule has 0 spiro atoms. The second kappa shape index (κ2) is 18.7. The van der Waals surface area contributed by atoms with Crippen molar-refractivity contribution in [2.45, 2.75) is 43.6 Å². The fourth-order valence-electron chi connectivity index (χ4n) is 0.658. The van der Waals surface area contributed by atoms with Crippen LogP contribution in [0.4, 0.5) is 0 Å². The molecule has 0 unspecified atom stereocenters. The highest BCUT2D eigenvalue weighted by Gasteiger charge is 1.96. The van der Waals surface area contributed by atoms with Crippen molar-refractivity contribution >= 4 is 0 Å². The molecule has 0 saturated heterocycles. The van der Waals surface area contributed by atoms with Crippen LogP contribution in [0, 0.1) is 0 Å². The van der Waals surface area contributed by atoms with E-state index in [0.717, 1.165) is 13.1 Å². The maximum Gasteiger partial charge on any atom is 0.0106 e. The molecule has 0 saturated carbocycles. The molecule has 0 N–H and O–H groups in total. The van der Waals surface area contributed by atoms with Gasteiger partial charge in [-0.3, -0.25) is 0 Å². The maximum atomic E-state index is 2.33. The quantitative estimate of drug-likeness (QED) is 0.683. The zero-order chi connectivity index (χ0) is 7.98. The summed E-state index contributed by atoms with van der Waals surface area (Å²) in [6.45, 7) is 9.04. The molecule has 0 radical (unpaired) electrons. The molecule has 0 heterocycles. The van der Waals surface area contributed by atoms with Crippen LogP contribution < -0.4 is 0 Å². The van der Waals surface area contributed by atoms with Gasteiger partial charge in [-0.25, -0.2) is 0 Å². The molecule has 94 valence electrons. The summed E-state index contributed by atoms with van der Waals surface area (Å²) in [5, 5.41) is 0. The van der Waals surface area contributed by atoms with Crippen molar-refractivity contribution in [3.8, 4) is 0 Å². The molecule has 0 amide bonds. The Kier molecular flexibility index (Phi) is 38.9. The minimum Gasteiger partial charge on any atom is -0.305 e. The summed E-state index contributed by atoms with van der Waals surface area (Å²) < 4.78 is 0. The van der Waals surface area contributed by atoms with E-state index in [4.69, 9.17) is 0 Å². The Morgan fingerprint density at radius 2 is 0.857 bits per heavy atom.